The van der Waals surface area contributed by atoms with Gasteiger partial charge < -0.3 is 20.7 Å². The predicted molar refractivity (Wildman–Crippen MR) is 145 cm³/mol. The maximum absolute atomic E-state index is 13.5. The van der Waals surface area contributed by atoms with Crippen molar-refractivity contribution in [3.05, 3.63) is 47.8 Å². The van der Waals surface area contributed by atoms with E-state index in [-0.39, 0.29) is 41.0 Å². The van der Waals surface area contributed by atoms with Gasteiger partial charge in [0, 0.05) is 48.7 Å². The number of imidazole rings is 1. The summed E-state index contributed by atoms with van der Waals surface area (Å²) in [6, 6.07) is 9.63. The molecule has 2 fully saturated rings. The Morgan fingerprint density at radius 3 is 2.74 bits per heavy atom. The number of methoxy groups -OCH3 is 1. The predicted octanol–water partition coefficient (Wildman–Crippen LogP) is 4.43. The Morgan fingerprint density at radius 1 is 1.26 bits per heavy atom. The molecule has 8 nitrogen and oxygen atoms in total. The summed E-state index contributed by atoms with van der Waals surface area (Å²) in [5, 5.41) is 9.10. The summed E-state index contributed by atoms with van der Waals surface area (Å²) in [5.41, 5.74) is -2.39. The van der Waals surface area contributed by atoms with Crippen molar-refractivity contribution in [1.82, 2.24) is 19.6 Å². The fourth-order valence-corrected chi connectivity index (χ4v) is 6.12. The van der Waals surface area contributed by atoms with E-state index in [2.05, 4.69) is 44.7 Å². The van der Waals surface area contributed by atoms with Gasteiger partial charge in [0.2, 0.25) is 0 Å². The van der Waals surface area contributed by atoms with Crippen molar-refractivity contribution in [2.75, 3.05) is 38.4 Å². The van der Waals surface area contributed by atoms with Crippen molar-refractivity contribution < 1.29 is 22.7 Å². The number of nitrogens with zero attached hydrogens (tertiary/aromatic N) is 3. The molecule has 39 heavy (non-hydrogen) atoms. The Hall–Kier alpha value is -3.56. The van der Waals surface area contributed by atoms with E-state index in [1.807, 2.05) is 6.07 Å². The summed E-state index contributed by atoms with van der Waals surface area (Å²) in [4.78, 5) is 18.9. The van der Waals surface area contributed by atoms with Crippen LogP contribution in [0.1, 0.15) is 35.3 Å². The second kappa shape index (κ2) is 10.9. The van der Waals surface area contributed by atoms with Crippen LogP contribution in [0.5, 0.6) is 5.75 Å². The molecule has 3 atom stereocenters. The van der Waals surface area contributed by atoms with Gasteiger partial charge in [-0.3, -0.25) is 14.1 Å². The monoisotopic (exact) mass is 558 g/mol. The fourth-order valence-electron chi connectivity index (χ4n) is 5.46. The number of halogens is 3. The number of carbonyl (C=O) groups is 1. The third kappa shape index (κ3) is 5.60. The van der Waals surface area contributed by atoms with E-state index in [1.54, 1.807) is 30.5 Å². The number of benzene rings is 1. The summed E-state index contributed by atoms with van der Waals surface area (Å²) in [7, 11) is 5.17. The van der Waals surface area contributed by atoms with Crippen LogP contribution >= 0.6 is 11.8 Å². The highest BCUT2D eigenvalue weighted by atomic mass is 32.2. The first kappa shape index (κ1) is 27.0. The molecule has 2 aliphatic rings. The van der Waals surface area contributed by atoms with Crippen LogP contribution in [0.15, 0.2) is 41.6 Å². The maximum atomic E-state index is 13.5. The van der Waals surface area contributed by atoms with Gasteiger partial charge in [0.25, 0.3) is 5.91 Å². The molecule has 12 heteroatoms. The average molecular weight is 559 g/mol. The van der Waals surface area contributed by atoms with Crippen molar-refractivity contribution in [1.29, 1.82) is 0 Å². The molecule has 0 spiro atoms. The number of alkyl halides is 3. The van der Waals surface area contributed by atoms with Crippen molar-refractivity contribution >= 4 is 34.7 Å². The summed E-state index contributed by atoms with van der Waals surface area (Å²) < 4.78 is 47.3. The Balaban J connectivity index is 1.41. The first-order chi connectivity index (χ1) is 18.7. The van der Waals surface area contributed by atoms with Crippen LogP contribution in [0.4, 0.5) is 24.5 Å². The zero-order valence-electron chi connectivity index (χ0n) is 21.7. The van der Waals surface area contributed by atoms with E-state index in [0.29, 0.717) is 40.4 Å². The molecule has 2 aliphatic heterocycles. The number of carbonyl (C=O) groups excluding carboxylic acids is 1. The van der Waals surface area contributed by atoms with E-state index in [0.717, 1.165) is 12.8 Å². The van der Waals surface area contributed by atoms with E-state index >= 15 is 0 Å². The summed E-state index contributed by atoms with van der Waals surface area (Å²) in [6.07, 6.45) is 4.85. The van der Waals surface area contributed by atoms with Crippen LogP contribution in [0.25, 0.3) is 5.65 Å². The largest absolute Gasteiger partial charge is 0.495 e. The smallest absolute Gasteiger partial charge is 0.447 e. The Labute approximate surface area is 228 Å². The lowest BCUT2D eigenvalue weighted by Crippen LogP contribution is -2.34. The minimum atomic E-state index is -4.50. The first-order valence-corrected chi connectivity index (χ1v) is 13.4. The number of likely N-dealkylation sites (N-methyl/N-ethyl adjacent to an activating group) is 1. The highest BCUT2D eigenvalue weighted by Crippen LogP contribution is 2.41. The Bertz CT molecular complexity index is 1450. The van der Waals surface area contributed by atoms with Gasteiger partial charge in [-0.1, -0.05) is 5.92 Å². The van der Waals surface area contributed by atoms with Crippen LogP contribution in [-0.2, 0) is 0 Å². The van der Waals surface area contributed by atoms with E-state index in [1.165, 1.54) is 25.0 Å². The number of anilines is 2. The van der Waals surface area contributed by atoms with Crippen molar-refractivity contribution in [2.45, 2.75) is 47.9 Å². The van der Waals surface area contributed by atoms with E-state index < -0.39 is 5.51 Å². The molecular formula is C27H29F3N6O2S. The lowest BCUT2D eigenvalue weighted by atomic mass is 9.95. The quantitative estimate of drug-likeness (QED) is 0.293. The number of amides is 1. The van der Waals surface area contributed by atoms with E-state index in [9.17, 15) is 18.0 Å². The number of fused-ring (bicyclic) bond motifs is 3. The highest BCUT2D eigenvalue weighted by molar-refractivity contribution is 8.00. The molecule has 4 heterocycles. The topological polar surface area (TPSA) is 82.9 Å². The molecule has 2 saturated heterocycles. The van der Waals surface area contributed by atoms with Crippen LogP contribution in [0.2, 0.25) is 0 Å². The first-order valence-electron chi connectivity index (χ1n) is 12.6. The number of ether oxygens (including phenoxy) is 1. The lowest BCUT2D eigenvalue weighted by molar-refractivity contribution is -0.0330. The summed E-state index contributed by atoms with van der Waals surface area (Å²) in [5.74, 6) is 5.94. The SMILES string of the molecule is CNC(=O)c1ccc(OC)c(NCC#Cc2nc3c(N[C@@H]4C[C@@H]5CC[C@H]4N5C)cccn3c2SC(F)(F)F)c1. The second-order valence-corrected chi connectivity index (χ2v) is 10.6. The van der Waals surface area contributed by atoms with Crippen molar-refractivity contribution in [3.8, 4) is 17.6 Å². The number of rotatable bonds is 7. The Kier molecular flexibility index (Phi) is 7.55. The van der Waals surface area contributed by atoms with Crippen LogP contribution in [-0.4, -0.2) is 71.6 Å². The normalized spacial score (nSPS) is 20.5. The molecule has 2 bridgehead atoms. The standard InChI is InChI=1S/C27H29F3N6O2S/c1-31-25(37)16-8-11-23(38-3)21(14-16)32-12-4-6-19-26(39-27(28,29)30)36-13-5-7-18(24(36)34-19)33-20-15-17-9-10-22(20)35(17)2/h5,7-8,11,13-14,17,20,22,32-33H,9-10,12,15H2,1-3H3,(H,31,37)/t17-,20+,22+/m0/s1. The molecule has 206 valence electrons. The van der Waals surface area contributed by atoms with Gasteiger partial charge >= 0.3 is 5.51 Å². The van der Waals surface area contributed by atoms with Gasteiger partial charge in [0.15, 0.2) is 5.65 Å². The molecular weight excluding hydrogens is 529 g/mol. The average Bonchev–Trinajstić information content (AvgIpc) is 3.54. The van der Waals surface area contributed by atoms with Gasteiger partial charge in [0.1, 0.15) is 16.5 Å². The number of pyridine rings is 1. The number of hydrogen-bond donors (Lipinski definition) is 3. The van der Waals surface area contributed by atoms with Gasteiger partial charge in [-0.2, -0.15) is 13.2 Å². The number of thioether (sulfide) groups is 1. The molecule has 5 rings (SSSR count). The molecule has 0 aliphatic carbocycles. The highest BCUT2D eigenvalue weighted by Gasteiger charge is 2.44. The number of nitrogens with one attached hydrogen (secondary N) is 3. The maximum Gasteiger partial charge on any atom is 0.447 e. The molecule has 0 unspecified atom stereocenters. The molecule has 3 aromatic rings. The zero-order valence-corrected chi connectivity index (χ0v) is 22.5. The molecule has 1 amide bonds. The minimum Gasteiger partial charge on any atom is -0.495 e. The van der Waals surface area contributed by atoms with E-state index in [4.69, 9.17) is 4.74 Å². The third-order valence-corrected chi connectivity index (χ3v) is 8.12. The fraction of sp³-hybridized carbons (Fsp3) is 0.407. The van der Waals surface area contributed by atoms with Gasteiger partial charge in [0.05, 0.1) is 25.0 Å². The van der Waals surface area contributed by atoms with Crippen LogP contribution in [0, 0.1) is 11.8 Å². The zero-order chi connectivity index (χ0) is 27.7. The number of hydrogen-bond acceptors (Lipinski definition) is 7. The van der Waals surface area contributed by atoms with Crippen LogP contribution < -0.4 is 20.7 Å². The molecule has 1 aromatic carbocycles. The summed E-state index contributed by atoms with van der Waals surface area (Å²) >= 11 is -0.227. The van der Waals surface area contributed by atoms with Crippen molar-refractivity contribution in [3.63, 3.8) is 0 Å². The van der Waals surface area contributed by atoms with Gasteiger partial charge in [-0.05, 0) is 62.6 Å². The molecule has 3 N–H and O–H groups in total. The third-order valence-electron chi connectivity index (χ3n) is 7.31. The summed E-state index contributed by atoms with van der Waals surface area (Å²) in [6.45, 7) is 0.0974. The molecule has 0 radical (unpaired) electrons. The second-order valence-electron chi connectivity index (χ2n) is 9.53. The molecule has 0 saturated carbocycles. The Morgan fingerprint density at radius 2 is 2.08 bits per heavy atom. The van der Waals surface area contributed by atoms with Gasteiger partial charge in [-0.15, -0.1) is 0 Å². The van der Waals surface area contributed by atoms with Crippen molar-refractivity contribution in [2.24, 2.45) is 0 Å². The number of aromatic nitrogens is 2. The van der Waals surface area contributed by atoms with Gasteiger partial charge in [-0.25, -0.2) is 4.98 Å². The molecule has 2 aromatic heterocycles. The minimum absolute atomic E-state index is 0.0458. The van der Waals surface area contributed by atoms with Crippen LogP contribution in [0.3, 0.4) is 0 Å². The lowest BCUT2D eigenvalue weighted by Gasteiger charge is -2.24.